The Bertz CT molecular complexity index is 349. The molecule has 0 amide bonds. The van der Waals surface area contributed by atoms with Crippen LogP contribution in [0.2, 0.25) is 10.0 Å². The van der Waals surface area contributed by atoms with Crippen molar-refractivity contribution in [2.75, 3.05) is 0 Å². The lowest BCUT2D eigenvalue weighted by atomic mass is 10.2. The van der Waals surface area contributed by atoms with Gasteiger partial charge < -0.3 is 0 Å². The molecule has 14 heavy (non-hydrogen) atoms. The topological polar surface area (TPSA) is 0 Å². The monoisotopic (exact) mass is 260 g/mol. The van der Waals surface area contributed by atoms with Crippen LogP contribution in [0.5, 0.6) is 0 Å². The number of benzene rings is 1. The van der Waals surface area contributed by atoms with E-state index in [1.165, 1.54) is 12.1 Å². The Morgan fingerprint density at radius 2 is 1.79 bits per heavy atom. The molecule has 1 aromatic rings. The van der Waals surface area contributed by atoms with Gasteiger partial charge in [-0.2, -0.15) is 13.2 Å². The zero-order valence-electron chi connectivity index (χ0n) is 6.95. The van der Waals surface area contributed by atoms with Gasteiger partial charge in [0, 0.05) is 9.92 Å². The summed E-state index contributed by atoms with van der Waals surface area (Å²) in [6.45, 7) is 1.61. The Kier molecular flexibility index (Phi) is 3.61. The third-order valence-corrected chi connectivity index (χ3v) is 3.02. The summed E-state index contributed by atoms with van der Waals surface area (Å²) < 4.78 is 36.1. The molecule has 0 saturated heterocycles. The Morgan fingerprint density at radius 3 is 2.29 bits per heavy atom. The van der Waals surface area contributed by atoms with E-state index in [-0.39, 0.29) is 26.7 Å². The van der Waals surface area contributed by atoms with E-state index in [4.69, 9.17) is 23.2 Å². The highest BCUT2D eigenvalue weighted by molar-refractivity contribution is 8.00. The maximum Gasteiger partial charge on any atom is 0.446 e. The van der Waals surface area contributed by atoms with Crippen molar-refractivity contribution in [3.05, 3.63) is 27.7 Å². The van der Waals surface area contributed by atoms with Crippen LogP contribution in [0.3, 0.4) is 0 Å². The minimum Gasteiger partial charge on any atom is -0.160 e. The fraction of sp³-hybridized carbons (Fsp3) is 0.250. The van der Waals surface area contributed by atoms with Crippen molar-refractivity contribution < 1.29 is 13.2 Å². The highest BCUT2D eigenvalue weighted by atomic mass is 35.5. The van der Waals surface area contributed by atoms with E-state index in [9.17, 15) is 13.2 Å². The van der Waals surface area contributed by atoms with Crippen molar-refractivity contribution in [2.24, 2.45) is 0 Å². The standard InChI is InChI=1S/C8H5Cl2F3S/c1-4-2-5(9)3-6(7(4)10)14-8(11,12)13/h2-3H,1H3. The van der Waals surface area contributed by atoms with Gasteiger partial charge in [-0.15, -0.1) is 0 Å². The second-order valence-corrected chi connectivity index (χ2v) is 4.50. The molecule has 0 aliphatic carbocycles. The number of hydrogen-bond acceptors (Lipinski definition) is 1. The molecule has 0 spiro atoms. The molecule has 0 atom stereocenters. The lowest BCUT2D eigenvalue weighted by molar-refractivity contribution is -0.0328. The first-order valence-corrected chi connectivity index (χ1v) is 5.08. The van der Waals surface area contributed by atoms with Crippen molar-refractivity contribution in [2.45, 2.75) is 17.3 Å². The number of rotatable bonds is 1. The van der Waals surface area contributed by atoms with Crippen LogP contribution in [0, 0.1) is 6.92 Å². The summed E-state index contributed by atoms with van der Waals surface area (Å²) in [6.07, 6.45) is 0. The first-order valence-electron chi connectivity index (χ1n) is 3.51. The predicted molar refractivity (Wildman–Crippen MR) is 53.1 cm³/mol. The van der Waals surface area contributed by atoms with Crippen molar-refractivity contribution in [3.8, 4) is 0 Å². The van der Waals surface area contributed by atoms with Crippen molar-refractivity contribution in [1.82, 2.24) is 0 Å². The number of halogens is 5. The second kappa shape index (κ2) is 4.21. The average molecular weight is 261 g/mol. The molecule has 0 saturated carbocycles. The third-order valence-electron chi connectivity index (χ3n) is 1.41. The van der Waals surface area contributed by atoms with Gasteiger partial charge in [0.05, 0.1) is 5.02 Å². The molecule has 1 aromatic carbocycles. The fourth-order valence-corrected chi connectivity index (χ4v) is 2.14. The van der Waals surface area contributed by atoms with E-state index in [1.807, 2.05) is 0 Å². The molecule has 0 aliphatic heterocycles. The number of thioether (sulfide) groups is 1. The van der Waals surface area contributed by atoms with Gasteiger partial charge in [0.1, 0.15) is 0 Å². The summed E-state index contributed by atoms with van der Waals surface area (Å²) in [5.74, 6) is 0. The first kappa shape index (κ1) is 12.0. The van der Waals surface area contributed by atoms with Crippen molar-refractivity contribution in [1.29, 1.82) is 0 Å². The van der Waals surface area contributed by atoms with E-state index in [0.717, 1.165) is 0 Å². The molecule has 0 fully saturated rings. The predicted octanol–water partition coefficient (Wildman–Crippen LogP) is 4.91. The van der Waals surface area contributed by atoms with Crippen molar-refractivity contribution in [3.63, 3.8) is 0 Å². The quantitative estimate of drug-likeness (QED) is 0.647. The molecule has 0 nitrogen and oxygen atoms in total. The molecule has 0 heterocycles. The summed E-state index contributed by atoms with van der Waals surface area (Å²) in [7, 11) is 0. The van der Waals surface area contributed by atoms with E-state index < -0.39 is 5.51 Å². The molecule has 1 rings (SSSR count). The molecule has 0 unspecified atom stereocenters. The van der Waals surface area contributed by atoms with Gasteiger partial charge in [-0.1, -0.05) is 23.2 Å². The maximum absolute atomic E-state index is 12.0. The Morgan fingerprint density at radius 1 is 1.21 bits per heavy atom. The minimum atomic E-state index is -4.35. The normalized spacial score (nSPS) is 11.9. The van der Waals surface area contributed by atoms with Crippen LogP contribution in [0.15, 0.2) is 17.0 Å². The van der Waals surface area contributed by atoms with Crippen LogP contribution in [-0.4, -0.2) is 5.51 Å². The molecule has 6 heteroatoms. The van der Waals surface area contributed by atoms with Crippen LogP contribution in [0.4, 0.5) is 13.2 Å². The summed E-state index contributed by atoms with van der Waals surface area (Å²) in [6, 6.07) is 2.72. The zero-order valence-corrected chi connectivity index (χ0v) is 9.28. The van der Waals surface area contributed by atoms with Gasteiger partial charge in [0.2, 0.25) is 0 Å². The largest absolute Gasteiger partial charge is 0.446 e. The van der Waals surface area contributed by atoms with Crippen LogP contribution in [-0.2, 0) is 0 Å². The highest BCUT2D eigenvalue weighted by Crippen LogP contribution is 2.42. The smallest absolute Gasteiger partial charge is 0.160 e. The molecular weight excluding hydrogens is 256 g/mol. The molecule has 0 radical (unpaired) electrons. The van der Waals surface area contributed by atoms with Crippen LogP contribution in [0.25, 0.3) is 0 Å². The number of aryl methyl sites for hydroxylation is 1. The minimum absolute atomic E-state index is 0.0656. The molecule has 78 valence electrons. The van der Waals surface area contributed by atoms with Crippen LogP contribution in [0.1, 0.15) is 5.56 Å². The third kappa shape index (κ3) is 3.26. The van der Waals surface area contributed by atoms with E-state index in [1.54, 1.807) is 6.92 Å². The Hall–Kier alpha value is -0.0600. The van der Waals surface area contributed by atoms with Gasteiger partial charge in [0.15, 0.2) is 0 Å². The van der Waals surface area contributed by atoms with Crippen molar-refractivity contribution >= 4 is 35.0 Å². The molecule has 0 aromatic heterocycles. The lowest BCUT2D eigenvalue weighted by Crippen LogP contribution is -1.99. The average Bonchev–Trinajstić information content (AvgIpc) is 1.96. The maximum atomic E-state index is 12.0. The van der Waals surface area contributed by atoms with E-state index in [2.05, 4.69) is 0 Å². The molecular formula is C8H5Cl2F3S. The summed E-state index contributed by atoms with van der Waals surface area (Å²) in [5, 5.41) is 0.343. The van der Waals surface area contributed by atoms with E-state index >= 15 is 0 Å². The number of alkyl halides is 3. The summed E-state index contributed by atoms with van der Waals surface area (Å²) >= 11 is 11.0. The molecule has 0 N–H and O–H groups in total. The molecule has 0 bridgehead atoms. The number of hydrogen-bond donors (Lipinski definition) is 0. The zero-order chi connectivity index (χ0) is 10.9. The first-order chi connectivity index (χ1) is 6.29. The van der Waals surface area contributed by atoms with Gasteiger partial charge in [-0.25, -0.2) is 0 Å². The Labute approximate surface area is 93.4 Å². The fourth-order valence-electron chi connectivity index (χ4n) is 0.894. The van der Waals surface area contributed by atoms with Gasteiger partial charge >= 0.3 is 5.51 Å². The highest BCUT2D eigenvalue weighted by Gasteiger charge is 2.30. The van der Waals surface area contributed by atoms with Gasteiger partial charge in [-0.05, 0) is 36.4 Å². The Balaban J connectivity index is 3.09. The van der Waals surface area contributed by atoms with Crippen LogP contribution >= 0.6 is 35.0 Å². The van der Waals surface area contributed by atoms with Crippen LogP contribution < -0.4 is 0 Å². The second-order valence-electron chi connectivity index (χ2n) is 2.58. The SMILES string of the molecule is Cc1cc(Cl)cc(SC(F)(F)F)c1Cl. The van der Waals surface area contributed by atoms with E-state index in [0.29, 0.717) is 5.56 Å². The molecule has 0 aliphatic rings. The summed E-state index contributed by atoms with van der Waals surface area (Å²) in [5.41, 5.74) is -3.81. The van der Waals surface area contributed by atoms with Gasteiger partial charge in [-0.3, -0.25) is 0 Å². The van der Waals surface area contributed by atoms with Gasteiger partial charge in [0.25, 0.3) is 0 Å². The summed E-state index contributed by atoms with van der Waals surface area (Å²) in [4.78, 5) is -0.0656. The lowest BCUT2D eigenvalue weighted by Gasteiger charge is -2.09.